The van der Waals surface area contributed by atoms with Gasteiger partial charge in [0.1, 0.15) is 22.8 Å². The van der Waals surface area contributed by atoms with E-state index in [9.17, 15) is 38.4 Å². The van der Waals surface area contributed by atoms with Gasteiger partial charge >= 0.3 is 0 Å². The summed E-state index contributed by atoms with van der Waals surface area (Å²) >= 11 is 0. The number of carbonyl (C=O) groups is 8. The summed E-state index contributed by atoms with van der Waals surface area (Å²) in [5.74, 6) is -2.58. The molecule has 8 heterocycles. The molecule has 0 spiro atoms. The summed E-state index contributed by atoms with van der Waals surface area (Å²) in [4.78, 5) is 125. The van der Waals surface area contributed by atoms with Gasteiger partial charge in [-0.25, -0.2) is 19.9 Å². The molecule has 0 radical (unpaired) electrons. The minimum atomic E-state index is -1.05. The molecule has 8 amide bonds. The molecule has 1 unspecified atom stereocenters. The number of fused-ring (bicyclic) bond motifs is 1. The lowest BCUT2D eigenvalue weighted by atomic mass is 10.2. The third-order valence-corrected chi connectivity index (χ3v) is 12.7. The van der Waals surface area contributed by atoms with Crippen molar-refractivity contribution in [3.05, 3.63) is 132 Å². The van der Waals surface area contributed by atoms with Crippen molar-refractivity contribution in [1.82, 2.24) is 67.5 Å². The number of anilines is 6. The number of benzene rings is 1. The minimum Gasteiger partial charge on any atom is -0.354 e. The van der Waals surface area contributed by atoms with Crippen LogP contribution in [0.15, 0.2) is 92.0 Å². The van der Waals surface area contributed by atoms with E-state index < -0.39 is 47.4 Å². The van der Waals surface area contributed by atoms with E-state index in [-0.39, 0.29) is 59.2 Å². The SMILES string of the molecule is CNC(=O)c1cc(NC(=O)c2ccc3nc(-c4nc(NC(=O)c5cc(NC(=O)C(N)CCNC(=O)c6cc(NC(=O)c7cc(NC(=O)c8nc(NC(=O)c9nccn9C)cn8C)cn7C)cn6C)cn5C)cn4C)[nH]c3c2)cn1C. The highest BCUT2D eigenvalue weighted by atomic mass is 16.2. The molecule has 0 aliphatic heterocycles. The zero-order valence-corrected chi connectivity index (χ0v) is 44.4. The highest BCUT2D eigenvalue weighted by Crippen LogP contribution is 2.25. The number of hydrogen-bond donors (Lipinski definition) is 10. The van der Waals surface area contributed by atoms with E-state index >= 15 is 0 Å². The first-order chi connectivity index (χ1) is 38.1. The number of nitrogens with two attached hydrogens (primary N) is 1. The Balaban J connectivity index is 0.731. The fraction of sp³-hybridized carbons (Fsp3) is 0.216. The highest BCUT2D eigenvalue weighted by molar-refractivity contribution is 6.09. The summed E-state index contributed by atoms with van der Waals surface area (Å²) < 4.78 is 10.8. The van der Waals surface area contributed by atoms with Crippen LogP contribution in [-0.4, -0.2) is 124 Å². The molecule has 11 N–H and O–H groups in total. The molecule has 1 atom stereocenters. The van der Waals surface area contributed by atoms with Crippen LogP contribution < -0.4 is 48.3 Å². The van der Waals surface area contributed by atoms with Gasteiger partial charge in [0.15, 0.2) is 29.1 Å². The summed E-state index contributed by atoms with van der Waals surface area (Å²) in [7, 11) is 13.1. The average molecular weight is 1090 g/mol. The van der Waals surface area contributed by atoms with E-state index in [4.69, 9.17) is 5.73 Å². The molecule has 9 aromatic rings. The van der Waals surface area contributed by atoms with Gasteiger partial charge in [0.05, 0.1) is 39.8 Å². The Bertz CT molecular complexity index is 3950. The molecule has 80 heavy (non-hydrogen) atoms. The van der Waals surface area contributed by atoms with Crippen LogP contribution in [0.25, 0.3) is 22.7 Å². The number of carbonyl (C=O) groups excluding carboxylic acids is 8. The molecule has 1 aromatic carbocycles. The number of H-pyrrole nitrogens is 1. The molecular formula is C51H55N21O8. The quantitative estimate of drug-likeness (QED) is 0.0591. The number of rotatable bonds is 18. The van der Waals surface area contributed by atoms with E-state index in [0.29, 0.717) is 56.7 Å². The molecule has 29 nitrogen and oxygen atoms in total. The van der Waals surface area contributed by atoms with Crippen molar-refractivity contribution < 1.29 is 38.4 Å². The first-order valence-corrected chi connectivity index (χ1v) is 24.5. The lowest BCUT2D eigenvalue weighted by molar-refractivity contribution is -0.117. The monoisotopic (exact) mass is 1090 g/mol. The summed E-state index contributed by atoms with van der Waals surface area (Å²) in [5.41, 5.74) is 10.0. The van der Waals surface area contributed by atoms with Crippen LogP contribution in [0, 0.1) is 0 Å². The highest BCUT2D eigenvalue weighted by Gasteiger charge is 2.24. The maximum absolute atomic E-state index is 13.5. The third-order valence-electron chi connectivity index (χ3n) is 12.7. The molecule has 0 aliphatic carbocycles. The van der Waals surface area contributed by atoms with Gasteiger partial charge < -0.3 is 85.2 Å². The van der Waals surface area contributed by atoms with Crippen molar-refractivity contribution in [3.63, 3.8) is 0 Å². The van der Waals surface area contributed by atoms with Gasteiger partial charge in [0.25, 0.3) is 41.4 Å². The third kappa shape index (κ3) is 11.5. The topological polar surface area (TPSA) is 361 Å². The van der Waals surface area contributed by atoms with Gasteiger partial charge in [-0.15, -0.1) is 0 Å². The molecule has 9 rings (SSSR count). The fourth-order valence-electron chi connectivity index (χ4n) is 8.62. The van der Waals surface area contributed by atoms with E-state index in [2.05, 4.69) is 67.5 Å². The van der Waals surface area contributed by atoms with Crippen LogP contribution in [0.3, 0.4) is 0 Å². The van der Waals surface area contributed by atoms with Crippen molar-refractivity contribution in [2.24, 2.45) is 55.1 Å². The van der Waals surface area contributed by atoms with E-state index in [0.717, 1.165) is 0 Å². The Labute approximate surface area is 453 Å². The lowest BCUT2D eigenvalue weighted by Crippen LogP contribution is -2.39. The second-order valence-corrected chi connectivity index (χ2v) is 18.7. The number of amides is 8. The zero-order valence-electron chi connectivity index (χ0n) is 44.4. The summed E-state index contributed by atoms with van der Waals surface area (Å²) in [5, 5.41) is 21.7. The fourth-order valence-corrected chi connectivity index (χ4v) is 8.62. The molecule has 0 saturated carbocycles. The number of nitrogens with zero attached hydrogens (tertiary/aromatic N) is 11. The van der Waals surface area contributed by atoms with E-state index in [1.807, 2.05) is 0 Å². The van der Waals surface area contributed by atoms with Crippen LogP contribution in [0.5, 0.6) is 0 Å². The number of imidazole rings is 4. The van der Waals surface area contributed by atoms with E-state index in [1.54, 1.807) is 124 Å². The summed E-state index contributed by atoms with van der Waals surface area (Å²) in [6.07, 6.45) is 12.5. The van der Waals surface area contributed by atoms with Crippen molar-refractivity contribution in [3.8, 4) is 11.6 Å². The Kier molecular flexibility index (Phi) is 14.9. The van der Waals surface area contributed by atoms with Gasteiger partial charge in [-0.3, -0.25) is 38.4 Å². The maximum atomic E-state index is 13.5. The number of aromatic nitrogens is 12. The van der Waals surface area contributed by atoms with Crippen LogP contribution >= 0.6 is 0 Å². The normalized spacial score (nSPS) is 11.5. The number of hydrogen-bond acceptors (Lipinski definition) is 13. The number of aryl methyl sites for hydroxylation is 7. The predicted molar refractivity (Wildman–Crippen MR) is 293 cm³/mol. The first-order valence-electron chi connectivity index (χ1n) is 24.5. The van der Waals surface area contributed by atoms with Crippen LogP contribution in [0.1, 0.15) is 80.0 Å². The summed E-state index contributed by atoms with van der Waals surface area (Å²) in [6, 6.07) is 9.92. The number of aromatic amines is 1. The maximum Gasteiger partial charge on any atom is 0.292 e. The lowest BCUT2D eigenvalue weighted by Gasteiger charge is -2.12. The molecular weight excluding hydrogens is 1030 g/mol. The minimum absolute atomic E-state index is 0.00409. The Hall–Kier alpha value is -10.8. The van der Waals surface area contributed by atoms with Crippen LogP contribution in [-0.2, 0) is 54.1 Å². The second-order valence-electron chi connectivity index (χ2n) is 18.7. The smallest absolute Gasteiger partial charge is 0.292 e. The van der Waals surface area contributed by atoms with Gasteiger partial charge in [-0.1, -0.05) is 0 Å². The van der Waals surface area contributed by atoms with Gasteiger partial charge in [0, 0.05) is 118 Å². The van der Waals surface area contributed by atoms with Crippen LogP contribution in [0.4, 0.5) is 34.4 Å². The Morgan fingerprint density at radius 3 is 1.64 bits per heavy atom. The molecule has 0 aliphatic rings. The predicted octanol–water partition coefficient (Wildman–Crippen LogP) is 2.49. The molecule has 412 valence electrons. The average Bonchev–Trinajstić information content (AvgIpc) is 4.33. The summed E-state index contributed by atoms with van der Waals surface area (Å²) in [6.45, 7) is 0.0238. The van der Waals surface area contributed by atoms with Gasteiger partial charge in [0.2, 0.25) is 11.7 Å². The zero-order chi connectivity index (χ0) is 57.3. The van der Waals surface area contributed by atoms with Gasteiger partial charge in [-0.2, -0.15) is 0 Å². The van der Waals surface area contributed by atoms with Crippen molar-refractivity contribution in [2.75, 3.05) is 45.5 Å². The molecule has 29 heteroatoms. The standard InChI is InChI=1S/C51H55N21O8/c1-53-46(75)34-16-27(20-67(34)3)56-44(73)26-9-10-32-33(15-26)61-40(60-32)41-62-38(24-71(41)7)64-49(78)37-18-28(21-70(37)6)57-45(74)31(52)11-12-55-47(76)35-17-29(22-68(35)4)58-48(77)36-19-30(23-69(36)5)59-51(80)43-63-39(25-72(43)8)65-50(79)42-54-13-14-66(42)2/h9-10,13-25,31H,11-12,52H2,1-8H3,(H,53,75)(H,55,76)(H,56,73)(H,57,74)(H,58,77)(H,59,80)(H,60,61)(H,64,78)(H,65,79). The number of nitrogens with one attached hydrogen (secondary N) is 9. The second kappa shape index (κ2) is 22.0. The molecule has 0 fully saturated rings. The van der Waals surface area contributed by atoms with E-state index in [1.165, 1.54) is 55.9 Å². The largest absolute Gasteiger partial charge is 0.354 e. The Morgan fingerprint density at radius 1 is 0.525 bits per heavy atom. The molecule has 8 aromatic heterocycles. The van der Waals surface area contributed by atoms with Crippen LogP contribution in [0.2, 0.25) is 0 Å². The van der Waals surface area contributed by atoms with Crippen molar-refractivity contribution >= 4 is 92.7 Å². The first kappa shape index (κ1) is 54.0. The molecule has 0 saturated heterocycles. The Morgan fingerprint density at radius 2 is 1.04 bits per heavy atom. The van der Waals surface area contributed by atoms with Crippen molar-refractivity contribution in [2.45, 2.75) is 12.5 Å². The van der Waals surface area contributed by atoms with Gasteiger partial charge in [-0.05, 0) is 48.9 Å². The van der Waals surface area contributed by atoms with Crippen molar-refractivity contribution in [1.29, 1.82) is 0 Å². The molecule has 0 bridgehead atoms.